The highest BCUT2D eigenvalue weighted by atomic mass is 16.6. The Bertz CT molecular complexity index is 955. The zero-order valence-electron chi connectivity index (χ0n) is 40.5. The van der Waals surface area contributed by atoms with Crippen molar-refractivity contribution in [1.82, 2.24) is 0 Å². The molecule has 0 aromatic heterocycles. The van der Waals surface area contributed by atoms with Crippen LogP contribution in [0.5, 0.6) is 0 Å². The monoisotopic (exact) mass is 843 g/mol. The molecule has 0 heterocycles. The third-order valence-electron chi connectivity index (χ3n) is 11.7. The summed E-state index contributed by atoms with van der Waals surface area (Å²) in [5, 5.41) is 0. The fourth-order valence-corrected chi connectivity index (χ4v) is 7.76. The molecule has 0 saturated carbocycles. The SMILES string of the molecule is CC/C=C\C/C=C\C/C=C\CCCCCCCCOCC(COC(=O)CCCCCCCCCCCCCCCCCCC)OC(=O)CCCCCCCCCCCCC. The number of allylic oxidation sites excluding steroid dienone is 6. The Kier molecular flexibility index (Phi) is 49.9. The molecule has 0 rings (SSSR count). The number of hydrogen-bond donors (Lipinski definition) is 0. The van der Waals surface area contributed by atoms with Crippen molar-refractivity contribution in [2.45, 2.75) is 284 Å². The van der Waals surface area contributed by atoms with Gasteiger partial charge in [-0.25, -0.2) is 0 Å². The van der Waals surface area contributed by atoms with Crippen molar-refractivity contribution in [2.24, 2.45) is 0 Å². The molecule has 0 N–H and O–H groups in total. The first-order valence-electron chi connectivity index (χ1n) is 26.5. The van der Waals surface area contributed by atoms with Crippen molar-refractivity contribution in [2.75, 3.05) is 19.8 Å². The van der Waals surface area contributed by atoms with E-state index in [1.807, 2.05) is 0 Å². The van der Waals surface area contributed by atoms with Gasteiger partial charge < -0.3 is 14.2 Å². The van der Waals surface area contributed by atoms with E-state index in [1.165, 1.54) is 180 Å². The van der Waals surface area contributed by atoms with Crippen LogP contribution in [0.15, 0.2) is 36.5 Å². The van der Waals surface area contributed by atoms with Gasteiger partial charge in [0.2, 0.25) is 0 Å². The van der Waals surface area contributed by atoms with Crippen LogP contribution in [0.1, 0.15) is 278 Å². The van der Waals surface area contributed by atoms with Gasteiger partial charge in [0, 0.05) is 19.4 Å². The second kappa shape index (κ2) is 51.5. The van der Waals surface area contributed by atoms with Crippen LogP contribution in [0.4, 0.5) is 0 Å². The van der Waals surface area contributed by atoms with Crippen LogP contribution < -0.4 is 0 Å². The second-order valence-corrected chi connectivity index (χ2v) is 17.8. The first kappa shape index (κ1) is 58.1. The first-order valence-corrected chi connectivity index (χ1v) is 26.5. The maximum atomic E-state index is 12.8. The summed E-state index contributed by atoms with van der Waals surface area (Å²) in [4.78, 5) is 25.4. The van der Waals surface area contributed by atoms with E-state index < -0.39 is 6.10 Å². The number of ether oxygens (including phenoxy) is 3. The minimum Gasteiger partial charge on any atom is -0.462 e. The lowest BCUT2D eigenvalue weighted by molar-refractivity contribution is -0.163. The predicted molar refractivity (Wildman–Crippen MR) is 261 cm³/mol. The maximum absolute atomic E-state index is 12.8. The van der Waals surface area contributed by atoms with Gasteiger partial charge in [-0.2, -0.15) is 0 Å². The van der Waals surface area contributed by atoms with E-state index in [2.05, 4.69) is 57.2 Å². The van der Waals surface area contributed by atoms with Gasteiger partial charge in [-0.1, -0.05) is 250 Å². The number of carbonyl (C=O) groups excluding carboxylic acids is 2. The van der Waals surface area contributed by atoms with E-state index in [-0.39, 0.29) is 25.2 Å². The van der Waals surface area contributed by atoms with Gasteiger partial charge in [0.05, 0.1) is 6.61 Å². The van der Waals surface area contributed by atoms with Crippen LogP contribution in [0.25, 0.3) is 0 Å². The second-order valence-electron chi connectivity index (χ2n) is 17.8. The lowest BCUT2D eigenvalue weighted by atomic mass is 10.0. The molecule has 0 spiro atoms. The van der Waals surface area contributed by atoms with Crippen LogP contribution in [0, 0.1) is 0 Å². The van der Waals surface area contributed by atoms with E-state index in [0.29, 0.717) is 19.4 Å². The smallest absolute Gasteiger partial charge is 0.306 e. The zero-order valence-corrected chi connectivity index (χ0v) is 40.5. The Morgan fingerprint density at radius 1 is 0.383 bits per heavy atom. The average Bonchev–Trinajstić information content (AvgIpc) is 3.25. The summed E-state index contributed by atoms with van der Waals surface area (Å²) in [5.74, 6) is -0.389. The minimum atomic E-state index is -0.536. The molecule has 0 bridgehead atoms. The molecule has 5 nitrogen and oxygen atoms in total. The lowest BCUT2D eigenvalue weighted by Gasteiger charge is -2.18. The molecule has 0 aliphatic carbocycles. The standard InChI is InChI=1S/C55H102O5/c1-4-7-10-13-16-19-22-24-26-28-29-31-34-36-39-42-45-48-54(56)59-52-53(60-55(57)49-46-43-40-37-33-21-18-15-12-9-6-3)51-58-50-47-44-41-38-35-32-30-27-25-23-20-17-14-11-8-5-2/h8,11,17,20,25,27,53H,4-7,9-10,12-16,18-19,21-24,26,28-52H2,1-3H3/b11-8-,20-17-,27-25-. The fraction of sp³-hybridized carbons (Fsp3) is 0.855. The highest BCUT2D eigenvalue weighted by Gasteiger charge is 2.17. The molecule has 60 heavy (non-hydrogen) atoms. The van der Waals surface area contributed by atoms with Crippen LogP contribution in [0.3, 0.4) is 0 Å². The van der Waals surface area contributed by atoms with Crippen LogP contribution in [-0.4, -0.2) is 37.9 Å². The van der Waals surface area contributed by atoms with Gasteiger partial charge in [0.15, 0.2) is 6.10 Å². The topological polar surface area (TPSA) is 61.8 Å². The van der Waals surface area contributed by atoms with E-state index in [4.69, 9.17) is 14.2 Å². The summed E-state index contributed by atoms with van der Waals surface area (Å²) in [6, 6.07) is 0. The summed E-state index contributed by atoms with van der Waals surface area (Å²) in [6.45, 7) is 7.73. The quantitative estimate of drug-likeness (QED) is 0.0347. The number of hydrogen-bond acceptors (Lipinski definition) is 5. The Labute approximate surface area is 374 Å². The molecule has 352 valence electrons. The van der Waals surface area contributed by atoms with Crippen molar-refractivity contribution in [3.8, 4) is 0 Å². The molecule has 0 radical (unpaired) electrons. The average molecular weight is 843 g/mol. The van der Waals surface area contributed by atoms with Gasteiger partial charge >= 0.3 is 11.9 Å². The molecule has 0 saturated heterocycles. The summed E-state index contributed by atoms with van der Waals surface area (Å²) in [5.41, 5.74) is 0. The molecule has 5 heteroatoms. The van der Waals surface area contributed by atoms with Crippen molar-refractivity contribution in [3.05, 3.63) is 36.5 Å². The Balaban J connectivity index is 4.20. The summed E-state index contributed by atoms with van der Waals surface area (Å²) in [6.07, 6.45) is 61.5. The van der Waals surface area contributed by atoms with E-state index in [0.717, 1.165) is 64.2 Å². The van der Waals surface area contributed by atoms with Gasteiger partial charge in [0.25, 0.3) is 0 Å². The number of carbonyl (C=O) groups is 2. The third kappa shape index (κ3) is 48.8. The van der Waals surface area contributed by atoms with Crippen LogP contribution in [-0.2, 0) is 23.8 Å². The molecular weight excluding hydrogens is 741 g/mol. The Hall–Kier alpha value is -1.88. The molecule has 0 fully saturated rings. The van der Waals surface area contributed by atoms with Crippen molar-refractivity contribution >= 4 is 11.9 Å². The first-order chi connectivity index (χ1) is 29.6. The van der Waals surface area contributed by atoms with E-state index in [9.17, 15) is 9.59 Å². The molecule has 0 aliphatic heterocycles. The molecule has 1 atom stereocenters. The molecule has 1 unspecified atom stereocenters. The lowest BCUT2D eigenvalue weighted by Crippen LogP contribution is -2.30. The number of rotatable bonds is 49. The highest BCUT2D eigenvalue weighted by molar-refractivity contribution is 5.70. The van der Waals surface area contributed by atoms with Gasteiger partial charge in [-0.15, -0.1) is 0 Å². The molecular formula is C55H102O5. The van der Waals surface area contributed by atoms with E-state index >= 15 is 0 Å². The van der Waals surface area contributed by atoms with Crippen LogP contribution in [0.2, 0.25) is 0 Å². The predicted octanol–water partition coefficient (Wildman–Crippen LogP) is 17.8. The minimum absolute atomic E-state index is 0.0861. The maximum Gasteiger partial charge on any atom is 0.306 e. The fourth-order valence-electron chi connectivity index (χ4n) is 7.76. The van der Waals surface area contributed by atoms with Crippen molar-refractivity contribution < 1.29 is 23.8 Å². The third-order valence-corrected chi connectivity index (χ3v) is 11.7. The molecule has 0 aromatic rings. The summed E-state index contributed by atoms with van der Waals surface area (Å²) >= 11 is 0. The zero-order chi connectivity index (χ0) is 43.5. The highest BCUT2D eigenvalue weighted by Crippen LogP contribution is 2.16. The summed E-state index contributed by atoms with van der Waals surface area (Å²) < 4.78 is 17.4. The Morgan fingerprint density at radius 3 is 1.20 bits per heavy atom. The van der Waals surface area contributed by atoms with E-state index in [1.54, 1.807) is 0 Å². The van der Waals surface area contributed by atoms with Crippen molar-refractivity contribution in [1.29, 1.82) is 0 Å². The number of esters is 2. The van der Waals surface area contributed by atoms with Crippen LogP contribution >= 0.6 is 0 Å². The molecule has 0 aliphatic rings. The summed E-state index contributed by atoms with van der Waals surface area (Å²) in [7, 11) is 0. The number of unbranched alkanes of at least 4 members (excludes halogenated alkanes) is 32. The van der Waals surface area contributed by atoms with Crippen molar-refractivity contribution in [3.63, 3.8) is 0 Å². The largest absolute Gasteiger partial charge is 0.462 e. The van der Waals surface area contributed by atoms with Gasteiger partial charge in [-0.05, 0) is 51.4 Å². The van der Waals surface area contributed by atoms with Gasteiger partial charge in [-0.3, -0.25) is 9.59 Å². The molecule has 0 amide bonds. The van der Waals surface area contributed by atoms with Gasteiger partial charge in [0.1, 0.15) is 6.61 Å². The normalized spacial score (nSPS) is 12.4. The Morgan fingerprint density at radius 2 is 0.750 bits per heavy atom. The molecule has 0 aromatic carbocycles.